The van der Waals surface area contributed by atoms with Crippen LogP contribution in [0.5, 0.6) is 0 Å². The lowest BCUT2D eigenvalue weighted by molar-refractivity contribution is -0.138. The Morgan fingerprint density at radius 2 is 2.21 bits per heavy atom. The van der Waals surface area contributed by atoms with Gasteiger partial charge in [-0.3, -0.25) is 4.79 Å². The van der Waals surface area contributed by atoms with E-state index in [4.69, 9.17) is 5.11 Å². The molecule has 0 saturated heterocycles. The molecule has 74 valence electrons. The predicted octanol–water partition coefficient (Wildman–Crippen LogP) is 2.75. The molecule has 2 nitrogen and oxygen atoms in total. The van der Waals surface area contributed by atoms with Gasteiger partial charge in [-0.05, 0) is 36.8 Å². The van der Waals surface area contributed by atoms with Crippen LogP contribution in [0.4, 0.5) is 0 Å². The summed E-state index contributed by atoms with van der Waals surface area (Å²) in [7, 11) is 0. The third-order valence-electron chi connectivity index (χ3n) is 2.83. The highest BCUT2D eigenvalue weighted by molar-refractivity contribution is 5.75. The minimum Gasteiger partial charge on any atom is -0.481 e. The third kappa shape index (κ3) is 1.79. The van der Waals surface area contributed by atoms with E-state index in [2.05, 4.69) is 6.07 Å². The van der Waals surface area contributed by atoms with E-state index in [0.717, 1.165) is 5.56 Å². The van der Waals surface area contributed by atoms with Crippen LogP contribution in [-0.2, 0) is 4.79 Å². The lowest BCUT2D eigenvalue weighted by Gasteiger charge is -2.08. The maximum absolute atomic E-state index is 10.8. The van der Waals surface area contributed by atoms with Gasteiger partial charge < -0.3 is 5.11 Å². The van der Waals surface area contributed by atoms with Crippen LogP contribution < -0.4 is 0 Å². The Kier molecular flexibility index (Phi) is 2.28. The van der Waals surface area contributed by atoms with Gasteiger partial charge in [0.05, 0.1) is 5.92 Å². The third-order valence-corrected chi connectivity index (χ3v) is 2.83. The van der Waals surface area contributed by atoms with Crippen molar-refractivity contribution < 1.29 is 9.90 Å². The molecule has 1 fully saturated rings. The molecule has 1 aromatic carbocycles. The molecule has 2 rings (SSSR count). The standard InChI is InChI=1S/C12H14O2/c1-8(12(13)14)10-3-2-4-11(7-10)9-5-6-9/h2-4,7-9H,5-6H2,1H3,(H,13,14)/t8-/m0/s1. The van der Waals surface area contributed by atoms with Crippen molar-refractivity contribution in [3.8, 4) is 0 Å². The van der Waals surface area contributed by atoms with Crippen molar-refractivity contribution in [2.24, 2.45) is 0 Å². The summed E-state index contributed by atoms with van der Waals surface area (Å²) in [6, 6.07) is 7.99. The Morgan fingerprint density at radius 3 is 2.79 bits per heavy atom. The van der Waals surface area contributed by atoms with Crippen molar-refractivity contribution >= 4 is 5.97 Å². The summed E-state index contributed by atoms with van der Waals surface area (Å²) in [5.74, 6) is -0.456. The quantitative estimate of drug-likeness (QED) is 0.795. The molecule has 0 amide bonds. The van der Waals surface area contributed by atoms with E-state index in [-0.39, 0.29) is 0 Å². The highest BCUT2D eigenvalue weighted by atomic mass is 16.4. The minimum absolute atomic E-state index is 0.395. The number of carboxylic acid groups (broad SMARTS) is 1. The van der Waals surface area contributed by atoms with Crippen LogP contribution in [-0.4, -0.2) is 11.1 Å². The Balaban J connectivity index is 2.25. The molecule has 0 bridgehead atoms. The normalized spacial score (nSPS) is 17.8. The molecule has 1 aromatic rings. The molecule has 2 heteroatoms. The number of hydrogen-bond acceptors (Lipinski definition) is 1. The molecule has 0 spiro atoms. The average Bonchev–Trinajstić information content (AvgIpc) is 3.00. The monoisotopic (exact) mass is 190 g/mol. The van der Waals surface area contributed by atoms with E-state index < -0.39 is 11.9 Å². The average molecular weight is 190 g/mol. The maximum atomic E-state index is 10.8. The van der Waals surface area contributed by atoms with Gasteiger partial charge in [0.1, 0.15) is 0 Å². The molecule has 1 aliphatic carbocycles. The summed E-state index contributed by atoms with van der Waals surface area (Å²) in [5, 5.41) is 8.88. The first kappa shape index (κ1) is 9.25. The van der Waals surface area contributed by atoms with Gasteiger partial charge >= 0.3 is 5.97 Å². The molecule has 1 aliphatic rings. The second-order valence-corrected chi connectivity index (χ2v) is 4.00. The largest absolute Gasteiger partial charge is 0.481 e. The van der Waals surface area contributed by atoms with Crippen LogP contribution in [0.2, 0.25) is 0 Å². The molecule has 1 saturated carbocycles. The van der Waals surface area contributed by atoms with Gasteiger partial charge in [-0.2, -0.15) is 0 Å². The van der Waals surface area contributed by atoms with E-state index in [0.29, 0.717) is 5.92 Å². The highest BCUT2D eigenvalue weighted by Gasteiger charge is 2.24. The number of benzene rings is 1. The zero-order chi connectivity index (χ0) is 10.1. The smallest absolute Gasteiger partial charge is 0.310 e. The molecule has 1 atom stereocenters. The summed E-state index contributed by atoms with van der Waals surface area (Å²) >= 11 is 0. The second kappa shape index (κ2) is 3.45. The van der Waals surface area contributed by atoms with Gasteiger partial charge in [0.15, 0.2) is 0 Å². The fourth-order valence-electron chi connectivity index (χ4n) is 1.64. The van der Waals surface area contributed by atoms with Crippen molar-refractivity contribution in [1.82, 2.24) is 0 Å². The molecule has 0 unspecified atom stereocenters. The zero-order valence-corrected chi connectivity index (χ0v) is 8.23. The van der Waals surface area contributed by atoms with Crippen LogP contribution in [0.25, 0.3) is 0 Å². The number of carbonyl (C=O) groups is 1. The van der Waals surface area contributed by atoms with Gasteiger partial charge in [-0.25, -0.2) is 0 Å². The van der Waals surface area contributed by atoms with Gasteiger partial charge in [-0.15, -0.1) is 0 Å². The number of aliphatic carboxylic acids is 1. The predicted molar refractivity (Wildman–Crippen MR) is 54.5 cm³/mol. The van der Waals surface area contributed by atoms with Crippen LogP contribution in [0.3, 0.4) is 0 Å². The first-order valence-corrected chi connectivity index (χ1v) is 5.01. The second-order valence-electron chi connectivity index (χ2n) is 4.00. The van der Waals surface area contributed by atoms with E-state index in [1.165, 1.54) is 18.4 Å². The van der Waals surface area contributed by atoms with Crippen LogP contribution >= 0.6 is 0 Å². The highest BCUT2D eigenvalue weighted by Crippen LogP contribution is 2.40. The van der Waals surface area contributed by atoms with E-state index in [9.17, 15) is 4.79 Å². The lowest BCUT2D eigenvalue weighted by Crippen LogP contribution is -2.07. The van der Waals surface area contributed by atoms with E-state index >= 15 is 0 Å². The Morgan fingerprint density at radius 1 is 1.50 bits per heavy atom. The van der Waals surface area contributed by atoms with Crippen molar-refractivity contribution in [2.45, 2.75) is 31.6 Å². The fraction of sp³-hybridized carbons (Fsp3) is 0.417. The summed E-state index contributed by atoms with van der Waals surface area (Å²) in [6.45, 7) is 1.73. The number of carboxylic acids is 1. The first-order valence-electron chi connectivity index (χ1n) is 5.01. The molecule has 0 aromatic heterocycles. The minimum atomic E-state index is -0.752. The molecule has 0 heterocycles. The summed E-state index contributed by atoms with van der Waals surface area (Å²) in [4.78, 5) is 10.8. The fourth-order valence-corrected chi connectivity index (χ4v) is 1.64. The van der Waals surface area contributed by atoms with E-state index in [1.807, 2.05) is 18.2 Å². The van der Waals surface area contributed by atoms with E-state index in [1.54, 1.807) is 6.92 Å². The van der Waals surface area contributed by atoms with Crippen molar-refractivity contribution in [3.05, 3.63) is 35.4 Å². The van der Waals surface area contributed by atoms with Crippen LogP contribution in [0.1, 0.15) is 42.7 Å². The van der Waals surface area contributed by atoms with Crippen LogP contribution in [0, 0.1) is 0 Å². The summed E-state index contributed by atoms with van der Waals surface area (Å²) in [6.07, 6.45) is 2.51. The SMILES string of the molecule is C[C@H](C(=O)O)c1cccc(C2CC2)c1. The number of hydrogen-bond donors (Lipinski definition) is 1. The molecule has 1 N–H and O–H groups in total. The molecule has 14 heavy (non-hydrogen) atoms. The molecular weight excluding hydrogens is 176 g/mol. The summed E-state index contributed by atoms with van der Waals surface area (Å²) < 4.78 is 0. The van der Waals surface area contributed by atoms with Crippen LogP contribution in [0.15, 0.2) is 24.3 Å². The van der Waals surface area contributed by atoms with Gasteiger partial charge in [0.25, 0.3) is 0 Å². The van der Waals surface area contributed by atoms with Crippen molar-refractivity contribution in [2.75, 3.05) is 0 Å². The van der Waals surface area contributed by atoms with Crippen molar-refractivity contribution in [1.29, 1.82) is 0 Å². The topological polar surface area (TPSA) is 37.3 Å². The zero-order valence-electron chi connectivity index (χ0n) is 8.23. The Labute approximate surface area is 83.6 Å². The van der Waals surface area contributed by atoms with Gasteiger partial charge in [-0.1, -0.05) is 24.3 Å². The van der Waals surface area contributed by atoms with Gasteiger partial charge in [0.2, 0.25) is 0 Å². The molecular formula is C12H14O2. The summed E-state index contributed by atoms with van der Waals surface area (Å²) in [5.41, 5.74) is 2.22. The Hall–Kier alpha value is -1.31. The molecule has 0 aliphatic heterocycles. The Bertz CT molecular complexity index is 353. The maximum Gasteiger partial charge on any atom is 0.310 e. The van der Waals surface area contributed by atoms with Crippen molar-refractivity contribution in [3.63, 3.8) is 0 Å². The van der Waals surface area contributed by atoms with Gasteiger partial charge in [0, 0.05) is 0 Å². The first-order chi connectivity index (χ1) is 6.68. The molecule has 0 radical (unpaired) electrons. The lowest BCUT2D eigenvalue weighted by atomic mass is 9.98. The number of rotatable bonds is 3.